The lowest BCUT2D eigenvalue weighted by molar-refractivity contribution is -0.123. The number of aryl methyl sites for hydroxylation is 1. The molecule has 3 aromatic carbocycles. The largest absolute Gasteiger partial charge is 0.489 e. The topological polar surface area (TPSA) is 46.6 Å². The Morgan fingerprint density at radius 2 is 1.71 bits per heavy atom. The molecule has 0 unspecified atom stereocenters. The molecule has 6 heteroatoms. The minimum atomic E-state index is -0.297. The smallest absolute Gasteiger partial charge is 0.293 e. The van der Waals surface area contributed by atoms with E-state index in [1.807, 2.05) is 42.5 Å². The fraction of sp³-hybridized carbons (Fsp3) is 0.120. The molecule has 31 heavy (non-hydrogen) atoms. The van der Waals surface area contributed by atoms with E-state index in [1.165, 1.54) is 10.5 Å². The normalized spacial score (nSPS) is 15.0. The number of rotatable bonds is 6. The van der Waals surface area contributed by atoms with Crippen molar-refractivity contribution in [1.29, 1.82) is 0 Å². The second-order valence-electron chi connectivity index (χ2n) is 7.24. The van der Waals surface area contributed by atoms with Gasteiger partial charge in [0, 0.05) is 5.02 Å². The van der Waals surface area contributed by atoms with Gasteiger partial charge in [-0.05, 0) is 65.7 Å². The summed E-state index contributed by atoms with van der Waals surface area (Å²) < 4.78 is 5.82. The van der Waals surface area contributed by atoms with Crippen molar-refractivity contribution in [1.82, 2.24) is 4.90 Å². The summed E-state index contributed by atoms with van der Waals surface area (Å²) in [5.74, 6) is 0.446. The molecule has 1 saturated heterocycles. The number of ether oxygens (including phenoxy) is 1. The van der Waals surface area contributed by atoms with Crippen LogP contribution < -0.4 is 4.74 Å². The lowest BCUT2D eigenvalue weighted by Crippen LogP contribution is -2.27. The molecule has 1 heterocycles. The van der Waals surface area contributed by atoms with Crippen LogP contribution in [-0.4, -0.2) is 16.0 Å². The molecule has 0 N–H and O–H groups in total. The van der Waals surface area contributed by atoms with Crippen molar-refractivity contribution in [3.63, 3.8) is 0 Å². The Kier molecular flexibility index (Phi) is 6.44. The maximum absolute atomic E-state index is 12.7. The zero-order valence-electron chi connectivity index (χ0n) is 16.9. The summed E-state index contributed by atoms with van der Waals surface area (Å²) >= 11 is 6.95. The van der Waals surface area contributed by atoms with Crippen LogP contribution in [0.3, 0.4) is 0 Å². The van der Waals surface area contributed by atoms with Gasteiger partial charge in [0.2, 0.25) is 0 Å². The zero-order chi connectivity index (χ0) is 21.8. The lowest BCUT2D eigenvalue weighted by atomic mass is 10.1. The SMILES string of the molecule is Cc1ccc(COc2ccc(/C=C3\SC(=O)N(Cc4cccc(Cl)c4)C3=O)cc2)cc1. The molecule has 1 aliphatic heterocycles. The first-order valence-electron chi connectivity index (χ1n) is 9.76. The minimum Gasteiger partial charge on any atom is -0.489 e. The van der Waals surface area contributed by atoms with Crippen LogP contribution in [-0.2, 0) is 17.9 Å². The van der Waals surface area contributed by atoms with Gasteiger partial charge in [-0.25, -0.2) is 0 Å². The van der Waals surface area contributed by atoms with Crippen LogP contribution in [0.4, 0.5) is 4.79 Å². The quantitative estimate of drug-likeness (QED) is 0.405. The maximum atomic E-state index is 12.7. The van der Waals surface area contributed by atoms with Gasteiger partial charge in [-0.3, -0.25) is 14.5 Å². The highest BCUT2D eigenvalue weighted by Crippen LogP contribution is 2.33. The Labute approximate surface area is 190 Å². The average molecular weight is 450 g/mol. The molecule has 1 aliphatic rings. The third kappa shape index (κ3) is 5.37. The van der Waals surface area contributed by atoms with Crippen LogP contribution in [0.2, 0.25) is 5.02 Å². The molecule has 0 radical (unpaired) electrons. The van der Waals surface area contributed by atoms with E-state index in [0.29, 0.717) is 16.5 Å². The van der Waals surface area contributed by atoms with E-state index >= 15 is 0 Å². The van der Waals surface area contributed by atoms with Crippen LogP contribution in [0.25, 0.3) is 6.08 Å². The second-order valence-corrected chi connectivity index (χ2v) is 8.67. The molecular weight excluding hydrogens is 430 g/mol. The van der Waals surface area contributed by atoms with Crippen LogP contribution in [0.1, 0.15) is 22.3 Å². The highest BCUT2D eigenvalue weighted by atomic mass is 35.5. The van der Waals surface area contributed by atoms with Gasteiger partial charge in [0.15, 0.2) is 0 Å². The molecule has 4 nitrogen and oxygen atoms in total. The number of carbonyl (C=O) groups is 2. The molecule has 0 saturated carbocycles. The van der Waals surface area contributed by atoms with Crippen LogP contribution in [0.5, 0.6) is 5.75 Å². The molecule has 1 fully saturated rings. The first-order valence-corrected chi connectivity index (χ1v) is 11.0. The molecule has 3 aromatic rings. The number of thioether (sulfide) groups is 1. The third-order valence-electron chi connectivity index (χ3n) is 4.81. The fourth-order valence-corrected chi connectivity index (χ4v) is 4.17. The summed E-state index contributed by atoms with van der Waals surface area (Å²) in [5, 5.41) is 0.291. The molecular formula is C25H20ClNO3S. The third-order valence-corrected chi connectivity index (χ3v) is 5.95. The van der Waals surface area contributed by atoms with Gasteiger partial charge in [-0.15, -0.1) is 0 Å². The van der Waals surface area contributed by atoms with Gasteiger partial charge >= 0.3 is 0 Å². The van der Waals surface area contributed by atoms with Crippen molar-refractivity contribution in [3.05, 3.63) is 105 Å². The first-order chi connectivity index (χ1) is 15.0. The summed E-state index contributed by atoms with van der Waals surface area (Å²) in [6.07, 6.45) is 1.73. The predicted molar refractivity (Wildman–Crippen MR) is 125 cm³/mol. The van der Waals surface area contributed by atoms with Crippen molar-refractivity contribution in [2.75, 3.05) is 0 Å². The summed E-state index contributed by atoms with van der Waals surface area (Å²) in [5.41, 5.74) is 3.95. The van der Waals surface area contributed by atoms with Gasteiger partial charge < -0.3 is 4.74 Å². The van der Waals surface area contributed by atoms with Gasteiger partial charge in [0.1, 0.15) is 12.4 Å². The number of carbonyl (C=O) groups excluding carboxylic acids is 2. The summed E-state index contributed by atoms with van der Waals surface area (Å²) in [4.78, 5) is 26.7. The minimum absolute atomic E-state index is 0.203. The Morgan fingerprint density at radius 3 is 2.42 bits per heavy atom. The number of halogens is 1. The van der Waals surface area contributed by atoms with Gasteiger partial charge in [0.25, 0.3) is 11.1 Å². The first kappa shape index (κ1) is 21.2. The van der Waals surface area contributed by atoms with E-state index in [0.717, 1.165) is 34.2 Å². The molecule has 0 atom stereocenters. The number of nitrogens with zero attached hydrogens (tertiary/aromatic N) is 1. The van der Waals surface area contributed by atoms with Crippen molar-refractivity contribution >= 4 is 40.6 Å². The van der Waals surface area contributed by atoms with Crippen molar-refractivity contribution in [2.24, 2.45) is 0 Å². The van der Waals surface area contributed by atoms with Crippen molar-refractivity contribution in [3.8, 4) is 5.75 Å². The highest BCUT2D eigenvalue weighted by molar-refractivity contribution is 8.18. The number of amides is 2. The van der Waals surface area contributed by atoms with E-state index in [1.54, 1.807) is 24.3 Å². The zero-order valence-corrected chi connectivity index (χ0v) is 18.5. The second kappa shape index (κ2) is 9.41. The summed E-state index contributed by atoms with van der Waals surface area (Å²) in [7, 11) is 0. The van der Waals surface area contributed by atoms with Crippen LogP contribution in [0.15, 0.2) is 77.7 Å². The molecule has 156 valence electrons. The maximum Gasteiger partial charge on any atom is 0.293 e. The average Bonchev–Trinajstić information content (AvgIpc) is 3.02. The van der Waals surface area contributed by atoms with E-state index in [9.17, 15) is 9.59 Å². The molecule has 0 spiro atoms. The summed E-state index contributed by atoms with van der Waals surface area (Å²) in [6.45, 7) is 2.74. The number of hydrogen-bond acceptors (Lipinski definition) is 4. The number of imide groups is 1. The van der Waals surface area contributed by atoms with E-state index in [4.69, 9.17) is 16.3 Å². The molecule has 0 bridgehead atoms. The Hall–Kier alpha value is -3.02. The van der Waals surface area contributed by atoms with E-state index in [-0.39, 0.29) is 17.7 Å². The Morgan fingerprint density at radius 1 is 0.968 bits per heavy atom. The van der Waals surface area contributed by atoms with E-state index in [2.05, 4.69) is 19.1 Å². The summed E-state index contributed by atoms with van der Waals surface area (Å²) in [6, 6.07) is 22.8. The van der Waals surface area contributed by atoms with Gasteiger partial charge in [0.05, 0.1) is 11.4 Å². The van der Waals surface area contributed by atoms with Crippen molar-refractivity contribution < 1.29 is 14.3 Å². The van der Waals surface area contributed by atoms with Gasteiger partial charge in [-0.2, -0.15) is 0 Å². The Bertz CT molecular complexity index is 1140. The molecule has 4 rings (SSSR count). The van der Waals surface area contributed by atoms with Gasteiger partial charge in [-0.1, -0.05) is 65.7 Å². The van der Waals surface area contributed by atoms with E-state index < -0.39 is 0 Å². The lowest BCUT2D eigenvalue weighted by Gasteiger charge is -2.12. The van der Waals surface area contributed by atoms with Crippen LogP contribution >= 0.6 is 23.4 Å². The molecule has 0 aromatic heterocycles. The number of hydrogen-bond donors (Lipinski definition) is 0. The number of benzene rings is 3. The molecule has 0 aliphatic carbocycles. The predicted octanol–water partition coefficient (Wildman–Crippen LogP) is 6.46. The standard InChI is InChI=1S/C25H20ClNO3S/c1-17-5-7-19(8-6-17)16-30-22-11-9-18(10-12-22)14-23-24(28)27(25(29)31-23)15-20-3-2-4-21(26)13-20/h2-14H,15-16H2,1H3/b23-14-. The molecule has 2 amide bonds. The highest BCUT2D eigenvalue weighted by Gasteiger charge is 2.34. The fourth-order valence-electron chi connectivity index (χ4n) is 3.12. The van der Waals surface area contributed by atoms with Crippen LogP contribution in [0, 0.1) is 6.92 Å². The monoisotopic (exact) mass is 449 g/mol. The van der Waals surface area contributed by atoms with Crippen molar-refractivity contribution in [2.45, 2.75) is 20.1 Å². The Balaban J connectivity index is 1.40.